The van der Waals surface area contributed by atoms with Crippen LogP contribution < -0.4 is 9.64 Å². The summed E-state index contributed by atoms with van der Waals surface area (Å²) in [5.41, 5.74) is 2.45. The van der Waals surface area contributed by atoms with Crippen molar-refractivity contribution in [1.29, 1.82) is 0 Å². The van der Waals surface area contributed by atoms with Crippen molar-refractivity contribution in [3.8, 4) is 5.75 Å². The van der Waals surface area contributed by atoms with Crippen molar-refractivity contribution in [2.24, 2.45) is 0 Å². The largest absolute Gasteiger partial charge is 0.489 e. The summed E-state index contributed by atoms with van der Waals surface area (Å²) in [6, 6.07) is 22.2. The molecule has 0 saturated carbocycles. The molecule has 0 unspecified atom stereocenters. The van der Waals surface area contributed by atoms with Gasteiger partial charge in [0.1, 0.15) is 30.4 Å². The number of hydrogen-bond donors (Lipinski definition) is 0. The second kappa shape index (κ2) is 10.3. The standard InChI is InChI=1S/C26H21FN2O4S/c1-32-24(30)16-28-23(25(31)29(26(28)34)21-5-3-2-4-6-21)15-18-9-13-22(14-10-18)33-17-19-7-11-20(27)12-8-19/h2-15H,16-17H2,1H3/b23-15-. The van der Waals surface area contributed by atoms with Crippen LogP contribution in [-0.2, 0) is 20.9 Å². The summed E-state index contributed by atoms with van der Waals surface area (Å²) in [6.45, 7) is 0.113. The third kappa shape index (κ3) is 5.13. The molecule has 1 fully saturated rings. The first-order chi connectivity index (χ1) is 16.5. The minimum Gasteiger partial charge on any atom is -0.489 e. The molecule has 0 aromatic heterocycles. The lowest BCUT2D eigenvalue weighted by molar-refractivity contribution is -0.140. The number of para-hydroxylation sites is 1. The predicted octanol–water partition coefficient (Wildman–Crippen LogP) is 4.55. The third-order valence-corrected chi connectivity index (χ3v) is 5.57. The molecule has 6 nitrogen and oxygen atoms in total. The Hall–Kier alpha value is -4.04. The van der Waals surface area contributed by atoms with E-state index in [1.54, 1.807) is 54.6 Å². The molecule has 1 aliphatic heterocycles. The maximum absolute atomic E-state index is 13.3. The number of benzene rings is 3. The summed E-state index contributed by atoms with van der Waals surface area (Å²) in [5.74, 6) is -0.525. The molecule has 1 amide bonds. The lowest BCUT2D eigenvalue weighted by Crippen LogP contribution is -2.35. The molecule has 1 saturated heterocycles. The van der Waals surface area contributed by atoms with Gasteiger partial charge in [-0.25, -0.2) is 4.39 Å². The van der Waals surface area contributed by atoms with Crippen molar-refractivity contribution in [2.75, 3.05) is 18.6 Å². The average Bonchev–Trinajstić information content (AvgIpc) is 3.08. The van der Waals surface area contributed by atoms with E-state index in [9.17, 15) is 14.0 Å². The highest BCUT2D eigenvalue weighted by Crippen LogP contribution is 2.29. The molecular weight excluding hydrogens is 455 g/mol. The zero-order chi connectivity index (χ0) is 24.1. The summed E-state index contributed by atoms with van der Waals surface area (Å²) in [6.07, 6.45) is 1.67. The van der Waals surface area contributed by atoms with E-state index in [2.05, 4.69) is 0 Å². The summed E-state index contributed by atoms with van der Waals surface area (Å²) < 4.78 is 23.6. The fraction of sp³-hybridized carbons (Fsp3) is 0.115. The van der Waals surface area contributed by atoms with Gasteiger partial charge in [0.2, 0.25) is 0 Å². The van der Waals surface area contributed by atoms with Gasteiger partial charge in [-0.15, -0.1) is 0 Å². The van der Waals surface area contributed by atoms with Crippen LogP contribution in [0.15, 0.2) is 84.6 Å². The normalized spacial score (nSPS) is 14.6. The van der Waals surface area contributed by atoms with E-state index in [4.69, 9.17) is 21.7 Å². The predicted molar refractivity (Wildman–Crippen MR) is 130 cm³/mol. The topological polar surface area (TPSA) is 59.1 Å². The molecule has 0 N–H and O–H groups in total. The van der Waals surface area contributed by atoms with Crippen LogP contribution in [0.2, 0.25) is 0 Å². The van der Waals surface area contributed by atoms with Gasteiger partial charge in [0.15, 0.2) is 5.11 Å². The quantitative estimate of drug-likeness (QED) is 0.283. The molecule has 0 bridgehead atoms. The Morgan fingerprint density at radius 3 is 2.32 bits per heavy atom. The lowest BCUT2D eigenvalue weighted by Gasteiger charge is -2.19. The molecule has 0 spiro atoms. The molecule has 8 heteroatoms. The van der Waals surface area contributed by atoms with Crippen LogP contribution >= 0.6 is 12.2 Å². The molecule has 0 aliphatic carbocycles. The Kier molecular flexibility index (Phi) is 6.98. The van der Waals surface area contributed by atoms with E-state index in [0.717, 1.165) is 11.1 Å². The molecule has 1 heterocycles. The van der Waals surface area contributed by atoms with Crippen LogP contribution in [0.5, 0.6) is 5.75 Å². The van der Waals surface area contributed by atoms with Crippen molar-refractivity contribution in [2.45, 2.75) is 6.61 Å². The Balaban J connectivity index is 1.55. The first-order valence-electron chi connectivity index (χ1n) is 10.4. The number of ether oxygens (including phenoxy) is 2. The number of carbonyl (C=O) groups excluding carboxylic acids is 2. The molecule has 3 aromatic carbocycles. The summed E-state index contributed by atoms with van der Waals surface area (Å²) in [5, 5.41) is 0.201. The smallest absolute Gasteiger partial charge is 0.325 e. The van der Waals surface area contributed by atoms with E-state index >= 15 is 0 Å². The van der Waals surface area contributed by atoms with Gasteiger partial charge in [-0.2, -0.15) is 0 Å². The van der Waals surface area contributed by atoms with Gasteiger partial charge in [-0.05, 0) is 65.8 Å². The van der Waals surface area contributed by atoms with Crippen LogP contribution in [0.4, 0.5) is 10.1 Å². The number of esters is 1. The van der Waals surface area contributed by atoms with E-state index in [-0.39, 0.29) is 29.1 Å². The fourth-order valence-electron chi connectivity index (χ4n) is 3.40. The van der Waals surface area contributed by atoms with Gasteiger partial charge in [-0.3, -0.25) is 14.5 Å². The summed E-state index contributed by atoms with van der Waals surface area (Å²) in [4.78, 5) is 28.1. The van der Waals surface area contributed by atoms with Gasteiger partial charge in [0, 0.05) is 0 Å². The van der Waals surface area contributed by atoms with Crippen molar-refractivity contribution in [3.63, 3.8) is 0 Å². The molecular formula is C26H21FN2O4S. The van der Waals surface area contributed by atoms with E-state index in [0.29, 0.717) is 18.0 Å². The minimum atomic E-state index is -0.513. The fourth-order valence-corrected chi connectivity index (χ4v) is 3.75. The number of halogens is 1. The summed E-state index contributed by atoms with van der Waals surface area (Å²) in [7, 11) is 1.28. The molecule has 1 aliphatic rings. The van der Waals surface area contributed by atoms with E-state index in [1.165, 1.54) is 29.0 Å². The second-order valence-electron chi connectivity index (χ2n) is 7.43. The highest BCUT2D eigenvalue weighted by molar-refractivity contribution is 7.80. The number of thiocarbonyl (C=S) groups is 1. The molecule has 0 radical (unpaired) electrons. The Morgan fingerprint density at radius 1 is 1.00 bits per heavy atom. The third-order valence-electron chi connectivity index (χ3n) is 5.17. The molecule has 4 rings (SSSR count). The number of methoxy groups -OCH3 is 1. The second-order valence-corrected chi connectivity index (χ2v) is 7.80. The number of carbonyl (C=O) groups is 2. The summed E-state index contributed by atoms with van der Waals surface area (Å²) >= 11 is 5.53. The Morgan fingerprint density at radius 2 is 1.68 bits per heavy atom. The van der Waals surface area contributed by atoms with Crippen LogP contribution in [0.25, 0.3) is 6.08 Å². The number of hydrogen-bond acceptors (Lipinski definition) is 5. The number of nitrogens with zero attached hydrogens (tertiary/aromatic N) is 2. The number of amides is 1. The maximum Gasteiger partial charge on any atom is 0.325 e. The van der Waals surface area contributed by atoms with Gasteiger partial charge < -0.3 is 14.4 Å². The zero-order valence-electron chi connectivity index (χ0n) is 18.3. The van der Waals surface area contributed by atoms with Crippen molar-refractivity contribution in [3.05, 3.63) is 102 Å². The lowest BCUT2D eigenvalue weighted by atomic mass is 10.1. The first-order valence-corrected chi connectivity index (χ1v) is 10.8. The van der Waals surface area contributed by atoms with E-state index in [1.807, 2.05) is 18.2 Å². The van der Waals surface area contributed by atoms with Gasteiger partial charge in [0.05, 0.1) is 12.8 Å². The minimum absolute atomic E-state index is 0.185. The van der Waals surface area contributed by atoms with Crippen LogP contribution in [0.3, 0.4) is 0 Å². The molecule has 172 valence electrons. The van der Waals surface area contributed by atoms with Crippen LogP contribution in [0, 0.1) is 5.82 Å². The van der Waals surface area contributed by atoms with Gasteiger partial charge in [0.25, 0.3) is 5.91 Å². The highest BCUT2D eigenvalue weighted by atomic mass is 32.1. The van der Waals surface area contributed by atoms with E-state index < -0.39 is 5.97 Å². The van der Waals surface area contributed by atoms with Crippen molar-refractivity contribution >= 4 is 41.0 Å². The van der Waals surface area contributed by atoms with Crippen molar-refractivity contribution in [1.82, 2.24) is 4.90 Å². The van der Waals surface area contributed by atoms with Crippen LogP contribution in [0.1, 0.15) is 11.1 Å². The van der Waals surface area contributed by atoms with Gasteiger partial charge in [-0.1, -0.05) is 42.5 Å². The van der Waals surface area contributed by atoms with Crippen LogP contribution in [-0.4, -0.2) is 35.5 Å². The molecule has 0 atom stereocenters. The average molecular weight is 477 g/mol. The number of anilines is 1. The molecule has 3 aromatic rings. The maximum atomic E-state index is 13.3. The highest BCUT2D eigenvalue weighted by Gasteiger charge is 2.40. The van der Waals surface area contributed by atoms with Crippen molar-refractivity contribution < 1.29 is 23.5 Å². The SMILES string of the molecule is COC(=O)CN1C(=S)N(c2ccccc2)C(=O)/C1=C/c1ccc(OCc2ccc(F)cc2)cc1. The molecule has 34 heavy (non-hydrogen) atoms. The first kappa shape index (κ1) is 23.1. The zero-order valence-corrected chi connectivity index (χ0v) is 19.1. The monoisotopic (exact) mass is 476 g/mol. The Labute approximate surface area is 201 Å². The Bertz CT molecular complexity index is 1230. The van der Waals surface area contributed by atoms with Gasteiger partial charge >= 0.3 is 5.97 Å². The number of rotatable bonds is 7.